The van der Waals surface area contributed by atoms with Crippen LogP contribution in [0.25, 0.3) is 0 Å². The predicted octanol–water partition coefficient (Wildman–Crippen LogP) is 2.57. The van der Waals surface area contributed by atoms with Gasteiger partial charge in [-0.3, -0.25) is 9.59 Å². The molecule has 0 saturated carbocycles. The van der Waals surface area contributed by atoms with Gasteiger partial charge in [-0.05, 0) is 32.1 Å². The molecule has 0 aliphatic carbocycles. The lowest BCUT2D eigenvalue weighted by molar-refractivity contribution is -0.159. The van der Waals surface area contributed by atoms with E-state index in [1.54, 1.807) is 0 Å². The highest BCUT2D eigenvalue weighted by Gasteiger charge is 2.48. The number of nitrogens with one attached hydrogen (secondary N) is 1. The summed E-state index contributed by atoms with van der Waals surface area (Å²) in [5, 5.41) is 2.94. The Hall–Kier alpha value is -1.06. The van der Waals surface area contributed by atoms with Gasteiger partial charge in [-0.2, -0.15) is 0 Å². The van der Waals surface area contributed by atoms with Crippen LogP contribution in [-0.4, -0.2) is 34.3 Å². The molecule has 1 aliphatic heterocycles. The average molecular weight is 282 g/mol. The number of carbonyl (C=O) groups is 2. The number of nitrogens with zero attached hydrogens (tertiary/aromatic N) is 1. The largest absolute Gasteiger partial charge is 0.342 e. The van der Waals surface area contributed by atoms with E-state index in [2.05, 4.69) is 12.2 Å². The molecule has 0 bridgehead atoms. The molecule has 20 heavy (non-hydrogen) atoms. The van der Waals surface area contributed by atoms with Gasteiger partial charge in [0, 0.05) is 5.54 Å². The van der Waals surface area contributed by atoms with Crippen molar-refractivity contribution in [1.82, 2.24) is 10.2 Å². The smallest absolute Gasteiger partial charge is 0.246 e. The summed E-state index contributed by atoms with van der Waals surface area (Å²) in [5.41, 5.74) is -0.296. The molecule has 2 amide bonds. The van der Waals surface area contributed by atoms with Gasteiger partial charge in [0.05, 0.1) is 0 Å². The van der Waals surface area contributed by atoms with Crippen LogP contribution in [0.15, 0.2) is 0 Å². The topological polar surface area (TPSA) is 49.4 Å². The van der Waals surface area contributed by atoms with Crippen LogP contribution in [0.4, 0.5) is 0 Å². The van der Waals surface area contributed by atoms with E-state index in [0.29, 0.717) is 0 Å². The average Bonchev–Trinajstić information content (AvgIpc) is 2.38. The van der Waals surface area contributed by atoms with E-state index >= 15 is 0 Å². The Morgan fingerprint density at radius 3 is 2.15 bits per heavy atom. The van der Waals surface area contributed by atoms with Crippen LogP contribution in [0, 0.1) is 11.8 Å². The van der Waals surface area contributed by atoms with E-state index in [9.17, 15) is 9.59 Å². The molecule has 116 valence electrons. The molecule has 1 saturated heterocycles. The number of hydrogen-bond acceptors (Lipinski definition) is 2. The summed E-state index contributed by atoms with van der Waals surface area (Å²) in [7, 11) is 0. The minimum atomic E-state index is -0.381. The zero-order valence-corrected chi connectivity index (χ0v) is 14.0. The fraction of sp³-hybridized carbons (Fsp3) is 0.875. The highest BCUT2D eigenvalue weighted by Crippen LogP contribution is 2.30. The van der Waals surface area contributed by atoms with Gasteiger partial charge < -0.3 is 10.2 Å². The second-order valence-electron chi connectivity index (χ2n) is 6.93. The molecule has 4 nitrogen and oxygen atoms in total. The summed E-state index contributed by atoms with van der Waals surface area (Å²) in [6.07, 6.45) is 1.71. The molecule has 4 heteroatoms. The number of amides is 2. The maximum Gasteiger partial charge on any atom is 0.246 e. The molecular formula is C16H30N2O2. The molecular weight excluding hydrogens is 252 g/mol. The monoisotopic (exact) mass is 282 g/mol. The molecule has 0 spiro atoms. The van der Waals surface area contributed by atoms with Gasteiger partial charge in [0.15, 0.2) is 0 Å². The first-order valence-electron chi connectivity index (χ1n) is 7.80. The van der Waals surface area contributed by atoms with Crippen molar-refractivity contribution < 1.29 is 9.59 Å². The van der Waals surface area contributed by atoms with E-state index < -0.39 is 0 Å². The lowest BCUT2D eigenvalue weighted by Gasteiger charge is -2.50. The van der Waals surface area contributed by atoms with E-state index in [0.717, 1.165) is 12.8 Å². The summed E-state index contributed by atoms with van der Waals surface area (Å²) in [6, 6.07) is -0.744. The van der Waals surface area contributed by atoms with Gasteiger partial charge in [-0.1, -0.05) is 41.0 Å². The summed E-state index contributed by atoms with van der Waals surface area (Å²) < 4.78 is 0. The summed E-state index contributed by atoms with van der Waals surface area (Å²) in [5.74, 6) is 0.341. The second kappa shape index (κ2) is 6.15. The predicted molar refractivity (Wildman–Crippen MR) is 81.2 cm³/mol. The van der Waals surface area contributed by atoms with Crippen molar-refractivity contribution in [3.63, 3.8) is 0 Å². The van der Waals surface area contributed by atoms with Crippen LogP contribution in [0.3, 0.4) is 0 Å². The van der Waals surface area contributed by atoms with Gasteiger partial charge in [-0.15, -0.1) is 0 Å². The minimum Gasteiger partial charge on any atom is -0.342 e. The number of hydrogen-bond donors (Lipinski definition) is 1. The Kier molecular flexibility index (Phi) is 5.22. The number of piperazine rings is 1. The SMILES string of the molecule is CCC(C)C1NC(=O)C(C(C)C)N(C(C)(C)CC)C1=O. The van der Waals surface area contributed by atoms with E-state index in [1.165, 1.54) is 0 Å². The molecule has 1 heterocycles. The Labute approximate surface area is 123 Å². The number of carbonyl (C=O) groups excluding carboxylic acids is 2. The lowest BCUT2D eigenvalue weighted by atomic mass is 9.85. The Balaban J connectivity index is 3.21. The Morgan fingerprint density at radius 1 is 1.20 bits per heavy atom. The van der Waals surface area contributed by atoms with Gasteiger partial charge >= 0.3 is 0 Å². The van der Waals surface area contributed by atoms with Crippen molar-refractivity contribution in [2.45, 2.75) is 78.9 Å². The third-order valence-electron chi connectivity index (χ3n) is 4.71. The van der Waals surface area contributed by atoms with E-state index in [-0.39, 0.29) is 41.3 Å². The Morgan fingerprint density at radius 2 is 1.75 bits per heavy atom. The summed E-state index contributed by atoms with van der Waals surface area (Å²) in [4.78, 5) is 27.2. The highest BCUT2D eigenvalue weighted by molar-refractivity contribution is 5.97. The summed E-state index contributed by atoms with van der Waals surface area (Å²) >= 11 is 0. The molecule has 0 aromatic heterocycles. The Bertz CT molecular complexity index is 377. The quantitative estimate of drug-likeness (QED) is 0.842. The van der Waals surface area contributed by atoms with Gasteiger partial charge in [-0.25, -0.2) is 0 Å². The van der Waals surface area contributed by atoms with Gasteiger partial charge in [0.25, 0.3) is 0 Å². The standard InChI is InChI=1S/C16H30N2O2/c1-8-11(5)12-15(20)18(16(6,7)9-2)13(10(3)4)14(19)17-12/h10-13H,8-9H2,1-7H3,(H,17,19). The van der Waals surface area contributed by atoms with Crippen molar-refractivity contribution in [1.29, 1.82) is 0 Å². The van der Waals surface area contributed by atoms with Crippen molar-refractivity contribution in [3.8, 4) is 0 Å². The van der Waals surface area contributed by atoms with Crippen molar-refractivity contribution in [3.05, 3.63) is 0 Å². The zero-order valence-electron chi connectivity index (χ0n) is 14.0. The molecule has 1 rings (SSSR count). The van der Waals surface area contributed by atoms with Gasteiger partial charge in [0.1, 0.15) is 12.1 Å². The zero-order chi connectivity index (χ0) is 15.7. The molecule has 1 N–H and O–H groups in total. The maximum absolute atomic E-state index is 12.9. The first-order valence-corrected chi connectivity index (χ1v) is 7.80. The third kappa shape index (κ3) is 2.99. The highest BCUT2D eigenvalue weighted by atomic mass is 16.2. The fourth-order valence-corrected chi connectivity index (χ4v) is 2.77. The first kappa shape index (κ1) is 17.0. The van der Waals surface area contributed by atoms with E-state index in [4.69, 9.17) is 0 Å². The summed E-state index contributed by atoms with van der Waals surface area (Å²) in [6.45, 7) is 14.2. The van der Waals surface area contributed by atoms with Crippen LogP contribution < -0.4 is 5.32 Å². The molecule has 3 unspecified atom stereocenters. The lowest BCUT2D eigenvalue weighted by Crippen LogP contribution is -2.70. The van der Waals surface area contributed by atoms with Crippen molar-refractivity contribution in [2.75, 3.05) is 0 Å². The van der Waals surface area contributed by atoms with Crippen molar-refractivity contribution >= 4 is 11.8 Å². The van der Waals surface area contributed by atoms with E-state index in [1.807, 2.05) is 46.4 Å². The molecule has 0 aromatic rings. The molecule has 0 aromatic carbocycles. The molecule has 3 atom stereocenters. The van der Waals surface area contributed by atoms with Crippen LogP contribution in [0.1, 0.15) is 61.3 Å². The molecule has 1 fully saturated rings. The molecule has 1 aliphatic rings. The van der Waals surface area contributed by atoms with Crippen molar-refractivity contribution in [2.24, 2.45) is 11.8 Å². The van der Waals surface area contributed by atoms with Crippen LogP contribution in [-0.2, 0) is 9.59 Å². The van der Waals surface area contributed by atoms with Crippen LogP contribution >= 0.6 is 0 Å². The van der Waals surface area contributed by atoms with Gasteiger partial charge in [0.2, 0.25) is 11.8 Å². The maximum atomic E-state index is 12.9. The second-order valence-corrected chi connectivity index (χ2v) is 6.93. The first-order chi connectivity index (χ1) is 9.17. The number of rotatable bonds is 5. The minimum absolute atomic E-state index is 0.00794. The normalized spacial score (nSPS) is 25.9. The third-order valence-corrected chi connectivity index (χ3v) is 4.71. The van der Waals surface area contributed by atoms with Crippen LogP contribution in [0.5, 0.6) is 0 Å². The van der Waals surface area contributed by atoms with Crippen LogP contribution in [0.2, 0.25) is 0 Å². The fourth-order valence-electron chi connectivity index (χ4n) is 2.77. The molecule has 0 radical (unpaired) electrons.